The first-order chi connectivity index (χ1) is 12.4. The summed E-state index contributed by atoms with van der Waals surface area (Å²) in [6.45, 7) is 0. The molecular weight excluding hydrogens is 304 g/mol. The summed E-state index contributed by atoms with van der Waals surface area (Å²) in [4.78, 5) is 0. The second-order valence-corrected chi connectivity index (χ2v) is 6.20. The maximum Gasteiger partial charge on any atom is 0.143 e. The van der Waals surface area contributed by atoms with Crippen molar-refractivity contribution in [2.75, 3.05) is 0 Å². The fraction of sp³-hybridized carbons (Fsp3) is 0. The van der Waals surface area contributed by atoms with E-state index < -0.39 is 0 Å². The van der Waals surface area contributed by atoms with Gasteiger partial charge in [-0.25, -0.2) is 0 Å². The molecule has 0 spiro atoms. The molecule has 1 heteroatoms. The predicted molar refractivity (Wildman–Crippen MR) is 105 cm³/mol. The van der Waals surface area contributed by atoms with Crippen LogP contribution in [0, 0.1) is 0 Å². The molecule has 0 bridgehead atoms. The van der Waals surface area contributed by atoms with Gasteiger partial charge in [-0.05, 0) is 16.8 Å². The molecule has 0 amide bonds. The summed E-state index contributed by atoms with van der Waals surface area (Å²) >= 11 is 0. The lowest BCUT2D eigenvalue weighted by Crippen LogP contribution is -1.78. The van der Waals surface area contributed by atoms with E-state index in [9.17, 15) is 0 Å². The zero-order valence-corrected chi connectivity index (χ0v) is 13.6. The molecule has 0 saturated carbocycles. The Bertz CT molecular complexity index is 1170. The van der Waals surface area contributed by atoms with Gasteiger partial charge in [-0.1, -0.05) is 91.0 Å². The molecule has 0 saturated heterocycles. The van der Waals surface area contributed by atoms with Crippen molar-refractivity contribution < 1.29 is 4.42 Å². The quantitative estimate of drug-likeness (QED) is 0.344. The van der Waals surface area contributed by atoms with Crippen LogP contribution in [0.15, 0.2) is 101 Å². The van der Waals surface area contributed by atoms with Crippen LogP contribution >= 0.6 is 0 Å². The first-order valence-electron chi connectivity index (χ1n) is 8.47. The molecule has 0 aliphatic rings. The maximum absolute atomic E-state index is 6.45. The van der Waals surface area contributed by atoms with Crippen molar-refractivity contribution >= 4 is 21.5 Å². The normalized spacial score (nSPS) is 11.2. The van der Waals surface area contributed by atoms with Crippen molar-refractivity contribution in [1.82, 2.24) is 0 Å². The summed E-state index contributed by atoms with van der Waals surface area (Å²) < 4.78 is 6.45. The minimum atomic E-state index is 0.931. The average Bonchev–Trinajstić information content (AvgIpc) is 3.09. The number of hydrogen-bond donors (Lipinski definition) is 0. The Morgan fingerprint density at radius 3 is 1.76 bits per heavy atom. The van der Waals surface area contributed by atoms with Gasteiger partial charge in [0, 0.05) is 21.9 Å². The lowest BCUT2D eigenvalue weighted by atomic mass is 9.99. The fourth-order valence-corrected chi connectivity index (χ4v) is 3.51. The zero-order valence-electron chi connectivity index (χ0n) is 13.6. The number of rotatable bonds is 2. The summed E-state index contributed by atoms with van der Waals surface area (Å²) in [5, 5.41) is 4.80. The van der Waals surface area contributed by atoms with Crippen LogP contribution < -0.4 is 0 Å². The van der Waals surface area contributed by atoms with E-state index in [1.807, 2.05) is 24.3 Å². The Morgan fingerprint density at radius 1 is 0.440 bits per heavy atom. The van der Waals surface area contributed by atoms with Crippen LogP contribution in [-0.4, -0.2) is 0 Å². The molecule has 1 aromatic heterocycles. The van der Waals surface area contributed by atoms with Gasteiger partial charge in [0.1, 0.15) is 11.5 Å². The molecule has 0 aliphatic carbocycles. The van der Waals surface area contributed by atoms with Crippen molar-refractivity contribution in [3.8, 4) is 22.6 Å². The summed E-state index contributed by atoms with van der Waals surface area (Å²) in [5.74, 6) is 1.87. The van der Waals surface area contributed by atoms with E-state index in [0.29, 0.717) is 0 Å². The lowest BCUT2D eigenvalue weighted by molar-refractivity contribution is 0.602. The molecule has 0 fully saturated rings. The first kappa shape index (κ1) is 14.1. The Hall–Kier alpha value is -3.32. The second-order valence-electron chi connectivity index (χ2n) is 6.20. The van der Waals surface area contributed by atoms with Gasteiger partial charge >= 0.3 is 0 Å². The molecule has 5 aromatic rings. The molecule has 1 nitrogen and oxygen atoms in total. The van der Waals surface area contributed by atoms with Gasteiger partial charge in [0.15, 0.2) is 0 Å². The third-order valence-corrected chi connectivity index (χ3v) is 4.68. The number of furan rings is 1. The minimum Gasteiger partial charge on any atom is -0.455 e. The minimum absolute atomic E-state index is 0.931. The van der Waals surface area contributed by atoms with Gasteiger partial charge in [-0.15, -0.1) is 0 Å². The van der Waals surface area contributed by atoms with E-state index in [0.717, 1.165) is 28.0 Å². The highest BCUT2D eigenvalue weighted by atomic mass is 16.3. The lowest BCUT2D eigenvalue weighted by Gasteiger charge is -2.02. The van der Waals surface area contributed by atoms with Gasteiger partial charge in [0.05, 0.1) is 0 Å². The zero-order chi connectivity index (χ0) is 16.6. The predicted octanol–water partition coefficient (Wildman–Crippen LogP) is 6.92. The Labute approximate surface area is 146 Å². The van der Waals surface area contributed by atoms with Crippen LogP contribution in [0.4, 0.5) is 0 Å². The highest BCUT2D eigenvalue weighted by Crippen LogP contribution is 2.42. The molecule has 118 valence electrons. The third kappa shape index (κ3) is 2.25. The molecule has 1 heterocycles. The number of benzene rings is 4. The second kappa shape index (κ2) is 5.64. The van der Waals surface area contributed by atoms with Gasteiger partial charge in [-0.3, -0.25) is 0 Å². The average molecular weight is 320 g/mol. The molecule has 25 heavy (non-hydrogen) atoms. The summed E-state index contributed by atoms with van der Waals surface area (Å²) in [6, 6.07) is 33.5. The largest absolute Gasteiger partial charge is 0.455 e. The van der Waals surface area contributed by atoms with E-state index in [-0.39, 0.29) is 0 Å². The SMILES string of the molecule is c1ccc(-c2oc(-c3ccccc3)c3c2ccc2ccccc23)cc1. The van der Waals surface area contributed by atoms with Crippen LogP contribution in [-0.2, 0) is 0 Å². The van der Waals surface area contributed by atoms with Crippen molar-refractivity contribution in [3.63, 3.8) is 0 Å². The highest BCUT2D eigenvalue weighted by Gasteiger charge is 2.18. The fourth-order valence-electron chi connectivity index (χ4n) is 3.51. The van der Waals surface area contributed by atoms with Gasteiger partial charge in [0.25, 0.3) is 0 Å². The van der Waals surface area contributed by atoms with Crippen LogP contribution in [0.2, 0.25) is 0 Å². The smallest absolute Gasteiger partial charge is 0.143 e. The van der Waals surface area contributed by atoms with Gasteiger partial charge in [0.2, 0.25) is 0 Å². The standard InChI is InChI=1S/C24H16O/c1-3-10-18(11-4-1)23-21-16-15-17-9-7-8-14-20(17)22(21)24(25-23)19-12-5-2-6-13-19/h1-16H. The van der Waals surface area contributed by atoms with Crippen LogP contribution in [0.1, 0.15) is 0 Å². The third-order valence-electron chi connectivity index (χ3n) is 4.68. The van der Waals surface area contributed by atoms with Crippen LogP contribution in [0.25, 0.3) is 44.2 Å². The van der Waals surface area contributed by atoms with Crippen molar-refractivity contribution in [2.24, 2.45) is 0 Å². The molecule has 0 radical (unpaired) electrons. The first-order valence-corrected chi connectivity index (χ1v) is 8.47. The van der Waals surface area contributed by atoms with Crippen molar-refractivity contribution in [1.29, 1.82) is 0 Å². The van der Waals surface area contributed by atoms with E-state index in [1.54, 1.807) is 0 Å². The number of hydrogen-bond acceptors (Lipinski definition) is 1. The molecule has 0 N–H and O–H groups in total. The Balaban J connectivity index is 1.94. The molecule has 4 aromatic carbocycles. The Morgan fingerprint density at radius 2 is 1.04 bits per heavy atom. The summed E-state index contributed by atoms with van der Waals surface area (Å²) in [5.41, 5.74) is 2.20. The van der Waals surface area contributed by atoms with E-state index in [1.165, 1.54) is 16.2 Å². The van der Waals surface area contributed by atoms with E-state index >= 15 is 0 Å². The summed E-state index contributed by atoms with van der Waals surface area (Å²) in [7, 11) is 0. The molecule has 5 rings (SSSR count). The topological polar surface area (TPSA) is 13.1 Å². The monoisotopic (exact) mass is 320 g/mol. The molecule has 0 atom stereocenters. The highest BCUT2D eigenvalue weighted by molar-refractivity contribution is 6.16. The Kier molecular flexibility index (Phi) is 3.17. The van der Waals surface area contributed by atoms with Crippen LogP contribution in [0.5, 0.6) is 0 Å². The maximum atomic E-state index is 6.45. The van der Waals surface area contributed by atoms with Crippen LogP contribution in [0.3, 0.4) is 0 Å². The van der Waals surface area contributed by atoms with E-state index in [2.05, 4.69) is 72.8 Å². The molecule has 0 aliphatic heterocycles. The summed E-state index contributed by atoms with van der Waals surface area (Å²) in [6.07, 6.45) is 0. The molecular formula is C24H16O. The molecule has 0 unspecified atom stereocenters. The van der Waals surface area contributed by atoms with Gasteiger partial charge in [-0.2, -0.15) is 0 Å². The van der Waals surface area contributed by atoms with Crippen molar-refractivity contribution in [2.45, 2.75) is 0 Å². The number of fused-ring (bicyclic) bond motifs is 3. The van der Waals surface area contributed by atoms with Gasteiger partial charge < -0.3 is 4.42 Å². The van der Waals surface area contributed by atoms with Crippen molar-refractivity contribution in [3.05, 3.63) is 97.1 Å². The van der Waals surface area contributed by atoms with E-state index in [4.69, 9.17) is 4.42 Å².